The second-order valence-electron chi connectivity index (χ2n) is 11.1. The number of aliphatic hydroxyl groups is 1. The molecule has 218 valence electrons. The number of esters is 1. The average molecular weight is 571 g/mol. The van der Waals surface area contributed by atoms with E-state index in [4.69, 9.17) is 9.47 Å². The van der Waals surface area contributed by atoms with Gasteiger partial charge in [0, 0.05) is 30.1 Å². The Balaban J connectivity index is 1.70. The first-order chi connectivity index (χ1) is 19.3. The number of carbonyl (C=O) groups excluding carboxylic acids is 3. The number of nitrogens with zero attached hydrogens (tertiary/aromatic N) is 2. The number of benzene rings is 1. The van der Waals surface area contributed by atoms with Gasteiger partial charge in [0.1, 0.15) is 11.8 Å². The van der Waals surface area contributed by atoms with E-state index in [0.29, 0.717) is 43.7 Å². The molecule has 3 heterocycles. The van der Waals surface area contributed by atoms with Crippen molar-refractivity contribution in [2.75, 3.05) is 38.3 Å². The molecule has 1 spiro atoms. The third-order valence-corrected chi connectivity index (χ3v) is 10.6. The van der Waals surface area contributed by atoms with Crippen LogP contribution in [0, 0.1) is 11.8 Å². The lowest BCUT2D eigenvalue weighted by Gasteiger charge is -2.37. The van der Waals surface area contributed by atoms with Gasteiger partial charge in [-0.15, -0.1) is 24.9 Å². The smallest absolute Gasteiger partial charge is 0.311 e. The van der Waals surface area contributed by atoms with Crippen molar-refractivity contribution in [1.82, 2.24) is 4.90 Å². The van der Waals surface area contributed by atoms with E-state index >= 15 is 0 Å². The van der Waals surface area contributed by atoms with Crippen LogP contribution in [0.2, 0.25) is 0 Å². The highest BCUT2D eigenvalue weighted by atomic mass is 32.2. The van der Waals surface area contributed by atoms with Crippen LogP contribution in [0.4, 0.5) is 5.69 Å². The minimum atomic E-state index is -0.716. The molecule has 3 saturated heterocycles. The number of ether oxygens (including phenoxy) is 2. The Morgan fingerprint density at radius 2 is 1.90 bits per heavy atom. The lowest BCUT2D eigenvalue weighted by Crippen LogP contribution is -2.55. The summed E-state index contributed by atoms with van der Waals surface area (Å²) in [7, 11) is 1.59. The zero-order valence-electron chi connectivity index (χ0n) is 23.7. The number of methoxy groups -OCH3 is 1. The van der Waals surface area contributed by atoms with Crippen molar-refractivity contribution >= 4 is 35.2 Å². The summed E-state index contributed by atoms with van der Waals surface area (Å²) in [5.41, 5.74) is 0.695. The lowest BCUT2D eigenvalue weighted by molar-refractivity contribution is -0.155. The Hall–Kier alpha value is -2.78. The number of fused-ring (bicyclic) bond motifs is 1. The predicted octanol–water partition coefficient (Wildman–Crippen LogP) is 4.37. The highest BCUT2D eigenvalue weighted by Crippen LogP contribution is 2.71. The Morgan fingerprint density at radius 3 is 2.55 bits per heavy atom. The Bertz CT molecular complexity index is 1110. The van der Waals surface area contributed by atoms with Gasteiger partial charge in [0.25, 0.3) is 5.91 Å². The molecule has 3 aliphatic heterocycles. The van der Waals surface area contributed by atoms with Crippen molar-refractivity contribution in [3.63, 3.8) is 0 Å². The molecule has 5 atom stereocenters. The molecule has 0 radical (unpaired) electrons. The van der Waals surface area contributed by atoms with Crippen LogP contribution in [-0.2, 0) is 19.1 Å². The van der Waals surface area contributed by atoms with Crippen LogP contribution in [0.5, 0.6) is 5.75 Å². The van der Waals surface area contributed by atoms with E-state index in [1.54, 1.807) is 40.8 Å². The van der Waals surface area contributed by atoms with Gasteiger partial charge in [-0.3, -0.25) is 14.4 Å². The number of amides is 2. The number of anilines is 1. The molecule has 1 aromatic rings. The van der Waals surface area contributed by atoms with E-state index in [0.717, 1.165) is 19.3 Å². The summed E-state index contributed by atoms with van der Waals surface area (Å²) < 4.78 is 9.82. The molecule has 40 heavy (non-hydrogen) atoms. The maximum Gasteiger partial charge on any atom is 0.311 e. The number of thioether (sulfide) groups is 1. The van der Waals surface area contributed by atoms with E-state index in [1.807, 2.05) is 31.2 Å². The Kier molecular flexibility index (Phi) is 9.67. The SMILES string of the molecule is C=CCCCOC(=O)[C@@H]1[C@H]2C(=O)N(CCCCCO)C(C(=O)N(CC=C)c3ccc(OC)cc3)C23CC[C@@]1(C)S3. The second kappa shape index (κ2) is 12.8. The summed E-state index contributed by atoms with van der Waals surface area (Å²) in [6, 6.07) is 6.57. The number of likely N-dealkylation sites (tertiary alicyclic amines) is 1. The summed E-state index contributed by atoms with van der Waals surface area (Å²) in [4.78, 5) is 45.7. The van der Waals surface area contributed by atoms with Gasteiger partial charge in [-0.2, -0.15) is 0 Å². The van der Waals surface area contributed by atoms with Crippen molar-refractivity contribution < 1.29 is 29.0 Å². The number of aliphatic hydroxyl groups excluding tert-OH is 1. The molecular weight excluding hydrogens is 528 g/mol. The van der Waals surface area contributed by atoms with Crippen molar-refractivity contribution in [1.29, 1.82) is 0 Å². The number of carbonyl (C=O) groups is 3. The third kappa shape index (κ3) is 5.42. The summed E-state index contributed by atoms with van der Waals surface area (Å²) >= 11 is 1.64. The first kappa shape index (κ1) is 30.2. The Morgan fingerprint density at radius 1 is 1.15 bits per heavy atom. The molecule has 2 unspecified atom stereocenters. The van der Waals surface area contributed by atoms with Gasteiger partial charge in [-0.1, -0.05) is 12.2 Å². The van der Waals surface area contributed by atoms with Gasteiger partial charge in [-0.25, -0.2) is 0 Å². The van der Waals surface area contributed by atoms with Crippen LogP contribution < -0.4 is 9.64 Å². The normalized spacial score (nSPS) is 28.3. The molecule has 0 saturated carbocycles. The van der Waals surface area contributed by atoms with Gasteiger partial charge in [0.05, 0.1) is 30.3 Å². The van der Waals surface area contributed by atoms with Crippen LogP contribution >= 0.6 is 11.8 Å². The molecule has 2 amide bonds. The molecule has 1 N–H and O–H groups in total. The van der Waals surface area contributed by atoms with E-state index in [9.17, 15) is 19.5 Å². The fourth-order valence-corrected chi connectivity index (χ4v) is 9.06. The van der Waals surface area contributed by atoms with Crippen molar-refractivity contribution in [3.8, 4) is 5.75 Å². The Labute approximate surface area is 241 Å². The summed E-state index contributed by atoms with van der Waals surface area (Å²) in [6.45, 7) is 10.7. The zero-order chi connectivity index (χ0) is 28.9. The van der Waals surface area contributed by atoms with Crippen molar-refractivity contribution in [2.24, 2.45) is 11.8 Å². The van der Waals surface area contributed by atoms with Crippen LogP contribution in [-0.4, -0.2) is 76.7 Å². The van der Waals surface area contributed by atoms with Crippen molar-refractivity contribution in [2.45, 2.75) is 67.4 Å². The minimum absolute atomic E-state index is 0.0847. The van der Waals surface area contributed by atoms with Gasteiger partial charge in [-0.05, 0) is 76.1 Å². The molecule has 9 heteroatoms. The number of hydrogen-bond donors (Lipinski definition) is 1. The summed E-state index contributed by atoms with van der Waals surface area (Å²) in [5, 5.41) is 9.27. The minimum Gasteiger partial charge on any atom is -0.497 e. The molecule has 4 rings (SSSR count). The monoisotopic (exact) mass is 570 g/mol. The van der Waals surface area contributed by atoms with Crippen LogP contribution in [0.1, 0.15) is 51.9 Å². The van der Waals surface area contributed by atoms with Crippen LogP contribution in [0.25, 0.3) is 0 Å². The fourth-order valence-electron chi connectivity index (χ4n) is 6.73. The number of rotatable bonds is 15. The molecule has 0 aromatic heterocycles. The first-order valence-electron chi connectivity index (χ1n) is 14.2. The van der Waals surface area contributed by atoms with Gasteiger partial charge < -0.3 is 24.4 Å². The zero-order valence-corrected chi connectivity index (χ0v) is 24.5. The first-order valence-corrected chi connectivity index (χ1v) is 15.0. The van der Waals surface area contributed by atoms with Crippen LogP contribution in [0.15, 0.2) is 49.6 Å². The number of allylic oxidation sites excluding steroid dienone is 1. The highest BCUT2D eigenvalue weighted by Gasteiger charge is 2.77. The molecule has 0 aliphatic carbocycles. The number of unbranched alkanes of at least 4 members (excludes halogenated alkanes) is 3. The van der Waals surface area contributed by atoms with E-state index in [2.05, 4.69) is 13.2 Å². The van der Waals surface area contributed by atoms with Gasteiger partial charge >= 0.3 is 5.97 Å². The van der Waals surface area contributed by atoms with E-state index in [1.165, 1.54) is 0 Å². The van der Waals surface area contributed by atoms with Crippen LogP contribution in [0.3, 0.4) is 0 Å². The summed E-state index contributed by atoms with van der Waals surface area (Å²) in [5.74, 6) is -1.18. The van der Waals surface area contributed by atoms with Gasteiger partial charge in [0.15, 0.2) is 0 Å². The third-order valence-electron chi connectivity index (χ3n) is 8.58. The fraction of sp³-hybridized carbons (Fsp3) is 0.581. The number of hydrogen-bond acceptors (Lipinski definition) is 7. The van der Waals surface area contributed by atoms with E-state index in [-0.39, 0.29) is 37.5 Å². The predicted molar refractivity (Wildman–Crippen MR) is 157 cm³/mol. The second-order valence-corrected chi connectivity index (χ2v) is 13.0. The average Bonchev–Trinajstić information content (AvgIpc) is 3.52. The maximum atomic E-state index is 14.6. The summed E-state index contributed by atoms with van der Waals surface area (Å²) in [6.07, 6.45) is 8.37. The largest absolute Gasteiger partial charge is 0.497 e. The highest BCUT2D eigenvalue weighted by molar-refractivity contribution is 8.02. The molecule has 8 nitrogen and oxygen atoms in total. The molecule has 3 fully saturated rings. The quantitative estimate of drug-likeness (QED) is 0.190. The van der Waals surface area contributed by atoms with Crippen molar-refractivity contribution in [3.05, 3.63) is 49.6 Å². The van der Waals surface area contributed by atoms with Gasteiger partial charge in [0.2, 0.25) is 5.91 Å². The van der Waals surface area contributed by atoms with E-state index < -0.39 is 27.4 Å². The standard InChI is InChI=1S/C31H42N2O6S/c1-5-7-11-21-39-29(37)25-24-27(35)33(19-9-8-10-20-34)26(31(24)17-16-30(25,3)40-31)28(36)32(18-6-2)22-12-14-23(38-4)15-13-22/h5-6,12-15,24-26,34H,1-2,7-11,16-21H2,3-4H3/t24-,25-,26?,30+,31?/m0/s1. The molecule has 1 aromatic carbocycles. The maximum absolute atomic E-state index is 14.6. The lowest BCUT2D eigenvalue weighted by atomic mass is 9.66. The molecule has 2 bridgehead atoms. The molecule has 3 aliphatic rings. The topological polar surface area (TPSA) is 96.4 Å². The molecular formula is C31H42N2O6S.